The lowest BCUT2D eigenvalue weighted by molar-refractivity contribution is -0.113. The molecule has 0 spiro atoms. The van der Waals surface area contributed by atoms with Gasteiger partial charge in [0.2, 0.25) is 5.91 Å². The first kappa shape index (κ1) is 21.2. The van der Waals surface area contributed by atoms with E-state index in [0.717, 1.165) is 23.4 Å². The molecule has 4 rings (SSSR count). The standard InChI is InChI=1S/C24H21ClN4OS/c1-2-17-8-14-20(15-9-17)26-22(30)16-31-24-28-27-23(18-10-12-19(25)13-11-18)29(24)21-6-4-3-5-7-21/h3-15H,2,16H2,1H3,(H,26,30). The van der Waals surface area contributed by atoms with Gasteiger partial charge in [-0.2, -0.15) is 0 Å². The number of nitrogens with one attached hydrogen (secondary N) is 1. The van der Waals surface area contributed by atoms with Crippen LogP contribution in [0.25, 0.3) is 17.1 Å². The van der Waals surface area contributed by atoms with Crippen LogP contribution in [0.1, 0.15) is 12.5 Å². The number of para-hydroxylation sites is 1. The van der Waals surface area contributed by atoms with Crippen LogP contribution in [0.4, 0.5) is 5.69 Å². The third kappa shape index (κ3) is 5.16. The van der Waals surface area contributed by atoms with Crippen LogP contribution >= 0.6 is 23.4 Å². The van der Waals surface area contributed by atoms with Gasteiger partial charge in [0.15, 0.2) is 11.0 Å². The highest BCUT2D eigenvalue weighted by Crippen LogP contribution is 2.28. The van der Waals surface area contributed by atoms with Gasteiger partial charge in [-0.1, -0.05) is 60.6 Å². The number of benzene rings is 3. The molecule has 0 radical (unpaired) electrons. The molecule has 3 aromatic carbocycles. The fourth-order valence-corrected chi connectivity index (χ4v) is 3.99. The summed E-state index contributed by atoms with van der Waals surface area (Å²) in [5.74, 6) is 0.826. The quantitative estimate of drug-likeness (QED) is 0.358. The Bertz CT molecular complexity index is 1160. The number of halogens is 1. The fraction of sp³-hybridized carbons (Fsp3) is 0.125. The van der Waals surface area contributed by atoms with E-state index >= 15 is 0 Å². The predicted molar refractivity (Wildman–Crippen MR) is 127 cm³/mol. The van der Waals surface area contributed by atoms with Gasteiger partial charge in [0.25, 0.3) is 0 Å². The molecule has 5 nitrogen and oxygen atoms in total. The molecule has 1 N–H and O–H groups in total. The number of aryl methyl sites for hydroxylation is 1. The summed E-state index contributed by atoms with van der Waals surface area (Å²) in [5.41, 5.74) is 3.84. The number of carbonyl (C=O) groups is 1. The number of amides is 1. The molecule has 0 fully saturated rings. The topological polar surface area (TPSA) is 59.8 Å². The Hall–Kier alpha value is -3.09. The zero-order chi connectivity index (χ0) is 21.6. The van der Waals surface area contributed by atoms with Crippen molar-refractivity contribution in [2.75, 3.05) is 11.1 Å². The first-order valence-corrected chi connectivity index (χ1v) is 11.3. The second-order valence-corrected chi connectivity index (χ2v) is 8.25. The molecule has 7 heteroatoms. The number of aromatic nitrogens is 3. The molecule has 1 amide bonds. The van der Waals surface area contributed by atoms with Crippen molar-refractivity contribution in [2.24, 2.45) is 0 Å². The van der Waals surface area contributed by atoms with E-state index in [1.54, 1.807) is 0 Å². The van der Waals surface area contributed by atoms with Gasteiger partial charge in [0, 0.05) is 22.0 Å². The highest BCUT2D eigenvalue weighted by atomic mass is 35.5. The van der Waals surface area contributed by atoms with E-state index < -0.39 is 0 Å². The molecule has 31 heavy (non-hydrogen) atoms. The van der Waals surface area contributed by atoms with Crippen LogP contribution in [-0.4, -0.2) is 26.4 Å². The van der Waals surface area contributed by atoms with Gasteiger partial charge in [0.05, 0.1) is 5.75 Å². The lowest BCUT2D eigenvalue weighted by Crippen LogP contribution is -2.14. The van der Waals surface area contributed by atoms with Crippen molar-refractivity contribution >= 4 is 35.0 Å². The van der Waals surface area contributed by atoms with Gasteiger partial charge >= 0.3 is 0 Å². The molecular weight excluding hydrogens is 428 g/mol. The average Bonchev–Trinajstić information content (AvgIpc) is 3.23. The summed E-state index contributed by atoms with van der Waals surface area (Å²) >= 11 is 7.38. The van der Waals surface area contributed by atoms with Crippen molar-refractivity contribution in [3.05, 3.63) is 89.4 Å². The molecule has 1 aromatic heterocycles. The number of thioether (sulfide) groups is 1. The summed E-state index contributed by atoms with van der Waals surface area (Å²) in [5, 5.41) is 13.0. The predicted octanol–water partition coefficient (Wildman–Crippen LogP) is 5.88. The molecule has 0 atom stereocenters. The lowest BCUT2D eigenvalue weighted by Gasteiger charge is -2.10. The molecule has 0 bridgehead atoms. The van der Waals surface area contributed by atoms with Crippen molar-refractivity contribution in [1.82, 2.24) is 14.8 Å². The Labute approximate surface area is 190 Å². The van der Waals surface area contributed by atoms with Crippen molar-refractivity contribution in [3.8, 4) is 17.1 Å². The summed E-state index contributed by atoms with van der Waals surface area (Å²) in [7, 11) is 0. The molecule has 4 aromatic rings. The largest absolute Gasteiger partial charge is 0.325 e. The first-order valence-electron chi connectivity index (χ1n) is 9.92. The van der Waals surface area contributed by atoms with Gasteiger partial charge < -0.3 is 5.32 Å². The molecular formula is C24H21ClN4OS. The minimum Gasteiger partial charge on any atom is -0.325 e. The zero-order valence-corrected chi connectivity index (χ0v) is 18.5. The van der Waals surface area contributed by atoms with Crippen molar-refractivity contribution in [1.29, 1.82) is 0 Å². The monoisotopic (exact) mass is 448 g/mol. The zero-order valence-electron chi connectivity index (χ0n) is 17.0. The van der Waals surface area contributed by atoms with Crippen molar-refractivity contribution in [2.45, 2.75) is 18.5 Å². The Morgan fingerprint density at radius 3 is 2.35 bits per heavy atom. The van der Waals surface area contributed by atoms with E-state index in [-0.39, 0.29) is 11.7 Å². The molecule has 0 saturated heterocycles. The van der Waals surface area contributed by atoms with Crippen LogP contribution in [0.3, 0.4) is 0 Å². The number of rotatable bonds is 7. The minimum absolute atomic E-state index is 0.0927. The van der Waals surface area contributed by atoms with Crippen LogP contribution in [0.2, 0.25) is 5.02 Å². The van der Waals surface area contributed by atoms with E-state index in [9.17, 15) is 4.79 Å². The Kier molecular flexibility index (Phi) is 6.70. The molecule has 0 aliphatic heterocycles. The van der Waals surface area contributed by atoms with Gasteiger partial charge in [0.1, 0.15) is 0 Å². The Balaban J connectivity index is 1.55. The third-order valence-electron chi connectivity index (χ3n) is 4.73. The molecule has 0 saturated carbocycles. The second kappa shape index (κ2) is 9.81. The smallest absolute Gasteiger partial charge is 0.234 e. The summed E-state index contributed by atoms with van der Waals surface area (Å²) in [6, 6.07) is 25.2. The van der Waals surface area contributed by atoms with Crippen molar-refractivity contribution < 1.29 is 4.79 Å². The van der Waals surface area contributed by atoms with Crippen LogP contribution in [-0.2, 0) is 11.2 Å². The maximum atomic E-state index is 12.5. The minimum atomic E-state index is -0.0927. The maximum Gasteiger partial charge on any atom is 0.234 e. The van der Waals surface area contributed by atoms with Crippen LogP contribution in [0, 0.1) is 0 Å². The van der Waals surface area contributed by atoms with E-state index in [4.69, 9.17) is 11.6 Å². The van der Waals surface area contributed by atoms with Gasteiger partial charge in [-0.05, 0) is 60.5 Å². The number of anilines is 1. The summed E-state index contributed by atoms with van der Waals surface area (Å²) in [4.78, 5) is 12.5. The fourth-order valence-electron chi connectivity index (χ4n) is 3.11. The van der Waals surface area contributed by atoms with Crippen molar-refractivity contribution in [3.63, 3.8) is 0 Å². The van der Waals surface area contributed by atoms with E-state index in [2.05, 4.69) is 22.4 Å². The third-order valence-corrected chi connectivity index (χ3v) is 5.91. The highest BCUT2D eigenvalue weighted by Gasteiger charge is 2.17. The Morgan fingerprint density at radius 1 is 0.968 bits per heavy atom. The van der Waals surface area contributed by atoms with Gasteiger partial charge in [-0.3, -0.25) is 9.36 Å². The van der Waals surface area contributed by atoms with E-state index in [0.29, 0.717) is 16.0 Å². The maximum absolute atomic E-state index is 12.5. The summed E-state index contributed by atoms with van der Waals surface area (Å²) in [6.45, 7) is 2.10. The molecule has 0 unspecified atom stereocenters. The van der Waals surface area contributed by atoms with Crippen LogP contribution < -0.4 is 5.32 Å². The number of nitrogens with zero attached hydrogens (tertiary/aromatic N) is 3. The molecule has 1 heterocycles. The van der Waals surface area contributed by atoms with E-state index in [1.165, 1.54) is 17.3 Å². The van der Waals surface area contributed by atoms with Crippen LogP contribution in [0.5, 0.6) is 0 Å². The lowest BCUT2D eigenvalue weighted by atomic mass is 10.1. The first-order chi connectivity index (χ1) is 15.1. The molecule has 0 aliphatic rings. The number of hydrogen-bond donors (Lipinski definition) is 1. The summed E-state index contributed by atoms with van der Waals surface area (Å²) < 4.78 is 1.96. The number of hydrogen-bond acceptors (Lipinski definition) is 4. The molecule has 0 aliphatic carbocycles. The van der Waals surface area contributed by atoms with Crippen LogP contribution in [0.15, 0.2) is 84.0 Å². The second-order valence-electron chi connectivity index (χ2n) is 6.87. The molecule has 156 valence electrons. The average molecular weight is 449 g/mol. The van der Waals surface area contributed by atoms with E-state index in [1.807, 2.05) is 83.4 Å². The SMILES string of the molecule is CCc1ccc(NC(=O)CSc2nnc(-c3ccc(Cl)cc3)n2-c2ccccc2)cc1. The van der Waals surface area contributed by atoms with Gasteiger partial charge in [-0.15, -0.1) is 10.2 Å². The normalized spacial score (nSPS) is 10.8. The highest BCUT2D eigenvalue weighted by molar-refractivity contribution is 7.99. The summed E-state index contributed by atoms with van der Waals surface area (Å²) in [6.07, 6.45) is 0.967. The Morgan fingerprint density at radius 2 is 1.68 bits per heavy atom. The van der Waals surface area contributed by atoms with Gasteiger partial charge in [-0.25, -0.2) is 0 Å². The number of carbonyl (C=O) groups excluding carboxylic acids is 1.